The first-order chi connectivity index (χ1) is 10.3. The summed E-state index contributed by atoms with van der Waals surface area (Å²) in [6, 6.07) is 2.78. The first-order valence-electron chi connectivity index (χ1n) is 6.90. The van der Waals surface area contributed by atoms with Gasteiger partial charge in [-0.1, -0.05) is 31.4 Å². The summed E-state index contributed by atoms with van der Waals surface area (Å²) in [5.41, 5.74) is 0.965. The monoisotopic (exact) mass is 343 g/mol. The van der Waals surface area contributed by atoms with Gasteiger partial charge in [-0.2, -0.15) is 0 Å². The molecule has 0 aliphatic carbocycles. The van der Waals surface area contributed by atoms with Crippen molar-refractivity contribution < 1.29 is 9.72 Å². The molecule has 0 aliphatic rings. The number of nitro groups is 1. The standard InChI is InChI=1S/C14H18ClN3O3S/c1-3-4-5-6-13(19)17-14(22)16-11-8-10(15)12(18(20)21)7-9(11)2/h7-8H,3-6H2,1-2H3,(H2,16,17,19,22). The molecular formula is C14H18ClN3O3S. The Morgan fingerprint density at radius 2 is 2.09 bits per heavy atom. The van der Waals surface area contributed by atoms with Gasteiger partial charge < -0.3 is 10.6 Å². The van der Waals surface area contributed by atoms with Gasteiger partial charge in [0, 0.05) is 18.2 Å². The number of nitrogens with one attached hydrogen (secondary N) is 2. The van der Waals surface area contributed by atoms with Gasteiger partial charge in [0.1, 0.15) is 5.02 Å². The van der Waals surface area contributed by atoms with Crippen molar-refractivity contribution in [2.24, 2.45) is 0 Å². The van der Waals surface area contributed by atoms with Gasteiger partial charge in [0.25, 0.3) is 5.69 Å². The van der Waals surface area contributed by atoms with Crippen molar-refractivity contribution in [2.45, 2.75) is 39.5 Å². The Morgan fingerprint density at radius 1 is 1.41 bits per heavy atom. The molecular weight excluding hydrogens is 326 g/mol. The molecule has 0 heterocycles. The van der Waals surface area contributed by atoms with Crippen LogP contribution in [0.2, 0.25) is 5.02 Å². The molecule has 0 saturated heterocycles. The molecule has 0 spiro atoms. The Kier molecular flexibility index (Phi) is 7.20. The molecule has 1 amide bonds. The van der Waals surface area contributed by atoms with Gasteiger partial charge in [-0.3, -0.25) is 14.9 Å². The summed E-state index contributed by atoms with van der Waals surface area (Å²) in [4.78, 5) is 21.9. The Labute approximate surface area is 139 Å². The Balaban J connectivity index is 2.67. The van der Waals surface area contributed by atoms with Crippen LogP contribution in [-0.4, -0.2) is 15.9 Å². The van der Waals surface area contributed by atoms with Crippen molar-refractivity contribution in [3.05, 3.63) is 32.8 Å². The number of anilines is 1. The van der Waals surface area contributed by atoms with E-state index in [2.05, 4.69) is 17.6 Å². The van der Waals surface area contributed by atoms with Gasteiger partial charge in [-0.25, -0.2) is 0 Å². The second kappa shape index (κ2) is 8.65. The average Bonchev–Trinajstić information content (AvgIpc) is 2.42. The van der Waals surface area contributed by atoms with Gasteiger partial charge in [-0.15, -0.1) is 0 Å². The smallest absolute Gasteiger partial charge is 0.288 e. The molecule has 0 bridgehead atoms. The average molecular weight is 344 g/mol. The molecule has 1 aromatic rings. The van der Waals surface area contributed by atoms with E-state index >= 15 is 0 Å². The highest BCUT2D eigenvalue weighted by molar-refractivity contribution is 7.80. The third kappa shape index (κ3) is 5.57. The molecule has 0 unspecified atom stereocenters. The van der Waals surface area contributed by atoms with Crippen molar-refractivity contribution in [3.8, 4) is 0 Å². The molecule has 1 rings (SSSR count). The number of aryl methyl sites for hydroxylation is 1. The number of hydrogen-bond acceptors (Lipinski definition) is 4. The number of rotatable bonds is 6. The van der Waals surface area contributed by atoms with Gasteiger partial charge in [0.05, 0.1) is 4.92 Å². The topological polar surface area (TPSA) is 84.3 Å². The lowest BCUT2D eigenvalue weighted by molar-refractivity contribution is -0.384. The molecule has 0 atom stereocenters. The third-order valence-corrected chi connectivity index (χ3v) is 3.51. The predicted molar refractivity (Wildman–Crippen MR) is 91.3 cm³/mol. The number of thiocarbonyl (C=S) groups is 1. The minimum absolute atomic E-state index is 0.00942. The summed E-state index contributed by atoms with van der Waals surface area (Å²) in [5, 5.41) is 16.4. The highest BCUT2D eigenvalue weighted by atomic mass is 35.5. The number of amides is 1. The maximum atomic E-state index is 11.7. The first kappa shape index (κ1) is 18.3. The van der Waals surface area contributed by atoms with E-state index < -0.39 is 4.92 Å². The fourth-order valence-corrected chi connectivity index (χ4v) is 2.28. The van der Waals surface area contributed by atoms with E-state index in [9.17, 15) is 14.9 Å². The van der Waals surface area contributed by atoms with E-state index in [1.807, 2.05) is 0 Å². The summed E-state index contributed by atoms with van der Waals surface area (Å²) < 4.78 is 0. The van der Waals surface area contributed by atoms with Crippen LogP contribution in [0.25, 0.3) is 0 Å². The number of carbonyl (C=O) groups excluding carboxylic acids is 1. The van der Waals surface area contributed by atoms with E-state index in [0.717, 1.165) is 19.3 Å². The van der Waals surface area contributed by atoms with Crippen LogP contribution in [0.5, 0.6) is 0 Å². The number of unbranched alkanes of at least 4 members (excludes halogenated alkanes) is 2. The van der Waals surface area contributed by atoms with Crippen LogP contribution >= 0.6 is 23.8 Å². The van der Waals surface area contributed by atoms with E-state index in [0.29, 0.717) is 17.7 Å². The summed E-state index contributed by atoms with van der Waals surface area (Å²) in [7, 11) is 0. The van der Waals surface area contributed by atoms with Gasteiger partial charge >= 0.3 is 0 Å². The maximum absolute atomic E-state index is 11.7. The normalized spacial score (nSPS) is 10.1. The van der Waals surface area contributed by atoms with E-state index in [1.54, 1.807) is 6.92 Å². The first-order valence-corrected chi connectivity index (χ1v) is 7.69. The molecule has 22 heavy (non-hydrogen) atoms. The van der Waals surface area contributed by atoms with Crippen LogP contribution in [0.15, 0.2) is 12.1 Å². The van der Waals surface area contributed by atoms with Gasteiger partial charge in [0.15, 0.2) is 5.11 Å². The lowest BCUT2D eigenvalue weighted by atomic mass is 10.2. The quantitative estimate of drug-likeness (QED) is 0.353. The fourth-order valence-electron chi connectivity index (χ4n) is 1.82. The number of nitro benzene ring substituents is 1. The number of carbonyl (C=O) groups is 1. The molecule has 0 saturated carbocycles. The van der Waals surface area contributed by atoms with Crippen molar-refractivity contribution in [1.82, 2.24) is 5.32 Å². The van der Waals surface area contributed by atoms with Crippen LogP contribution < -0.4 is 10.6 Å². The Bertz CT molecular complexity index is 593. The Morgan fingerprint density at radius 3 is 2.68 bits per heavy atom. The lowest BCUT2D eigenvalue weighted by Crippen LogP contribution is -2.34. The second-order valence-corrected chi connectivity index (χ2v) is 5.65. The zero-order chi connectivity index (χ0) is 16.7. The minimum atomic E-state index is -0.549. The summed E-state index contributed by atoms with van der Waals surface area (Å²) in [5.74, 6) is -0.156. The summed E-state index contributed by atoms with van der Waals surface area (Å²) in [6.45, 7) is 3.75. The highest BCUT2D eigenvalue weighted by Gasteiger charge is 2.15. The molecule has 0 fully saturated rings. The summed E-state index contributed by atoms with van der Waals surface area (Å²) in [6.07, 6.45) is 3.25. The van der Waals surface area contributed by atoms with E-state index in [4.69, 9.17) is 23.8 Å². The zero-order valence-corrected chi connectivity index (χ0v) is 14.0. The van der Waals surface area contributed by atoms with E-state index in [1.165, 1.54) is 12.1 Å². The van der Waals surface area contributed by atoms with Crippen LogP contribution in [-0.2, 0) is 4.79 Å². The second-order valence-electron chi connectivity index (χ2n) is 4.84. The van der Waals surface area contributed by atoms with E-state index in [-0.39, 0.29) is 21.7 Å². The number of nitrogens with zero attached hydrogens (tertiary/aromatic N) is 1. The van der Waals surface area contributed by atoms with Crippen LogP contribution in [0.3, 0.4) is 0 Å². The van der Waals surface area contributed by atoms with Crippen LogP contribution in [0.1, 0.15) is 38.2 Å². The highest BCUT2D eigenvalue weighted by Crippen LogP contribution is 2.30. The van der Waals surface area contributed by atoms with Crippen molar-refractivity contribution in [3.63, 3.8) is 0 Å². The molecule has 0 aromatic heterocycles. The molecule has 8 heteroatoms. The van der Waals surface area contributed by atoms with Crippen molar-refractivity contribution >= 4 is 46.2 Å². The predicted octanol–water partition coefficient (Wildman–Crippen LogP) is 3.95. The number of halogens is 1. The third-order valence-electron chi connectivity index (χ3n) is 3.00. The minimum Gasteiger partial charge on any atom is -0.332 e. The molecule has 6 nitrogen and oxygen atoms in total. The summed E-state index contributed by atoms with van der Waals surface area (Å²) >= 11 is 10.9. The van der Waals surface area contributed by atoms with Crippen molar-refractivity contribution in [1.29, 1.82) is 0 Å². The molecule has 2 N–H and O–H groups in total. The lowest BCUT2D eigenvalue weighted by Gasteiger charge is -2.12. The van der Waals surface area contributed by atoms with Crippen LogP contribution in [0.4, 0.5) is 11.4 Å². The zero-order valence-electron chi connectivity index (χ0n) is 12.4. The molecule has 120 valence electrons. The van der Waals surface area contributed by atoms with Crippen LogP contribution in [0, 0.1) is 17.0 Å². The van der Waals surface area contributed by atoms with Crippen molar-refractivity contribution in [2.75, 3.05) is 5.32 Å². The maximum Gasteiger partial charge on any atom is 0.288 e. The van der Waals surface area contributed by atoms with Gasteiger partial charge in [0.2, 0.25) is 5.91 Å². The molecule has 1 aromatic carbocycles. The fraction of sp³-hybridized carbons (Fsp3) is 0.429. The SMILES string of the molecule is CCCCCC(=O)NC(=S)Nc1cc(Cl)c([N+](=O)[O-])cc1C. The Hall–Kier alpha value is -1.73. The largest absolute Gasteiger partial charge is 0.332 e. The van der Waals surface area contributed by atoms with Gasteiger partial charge in [-0.05, 0) is 37.2 Å². The number of hydrogen-bond donors (Lipinski definition) is 2. The molecule has 0 radical (unpaired) electrons. The number of benzene rings is 1. The molecule has 0 aliphatic heterocycles.